The van der Waals surface area contributed by atoms with Gasteiger partial charge in [-0.15, -0.1) is 0 Å². The van der Waals surface area contributed by atoms with Crippen molar-refractivity contribution in [3.63, 3.8) is 0 Å². The van der Waals surface area contributed by atoms with Crippen molar-refractivity contribution in [1.29, 1.82) is 0 Å². The second kappa shape index (κ2) is 19.1. The molecule has 0 bridgehead atoms. The van der Waals surface area contributed by atoms with Gasteiger partial charge in [-0.3, -0.25) is 28.8 Å². The summed E-state index contributed by atoms with van der Waals surface area (Å²) in [6.45, 7) is 15.8. The van der Waals surface area contributed by atoms with Crippen LogP contribution < -0.4 is 21.3 Å². The molecule has 0 aromatic carbocycles. The highest BCUT2D eigenvalue weighted by atomic mass is 16.4. The molecule has 1 aliphatic rings. The highest BCUT2D eigenvalue weighted by Crippen LogP contribution is 2.22. The molecule has 5 amide bonds. The van der Waals surface area contributed by atoms with Crippen molar-refractivity contribution in [2.45, 2.75) is 118 Å². The summed E-state index contributed by atoms with van der Waals surface area (Å²) >= 11 is 0. The van der Waals surface area contributed by atoms with E-state index in [1.807, 2.05) is 34.6 Å². The Morgan fingerprint density at radius 2 is 1.13 bits per heavy atom. The van der Waals surface area contributed by atoms with Gasteiger partial charge in [0.25, 0.3) is 0 Å². The normalized spacial score (nSPS) is 16.5. The molecule has 1 rings (SSSR count). The Labute approximate surface area is 272 Å². The lowest BCUT2D eigenvalue weighted by atomic mass is 9.84. The molecule has 5 atom stereocenters. The molecule has 14 heteroatoms. The lowest BCUT2D eigenvalue weighted by molar-refractivity contribution is -0.144. The van der Waals surface area contributed by atoms with E-state index < -0.39 is 72.6 Å². The molecule has 46 heavy (non-hydrogen) atoms. The van der Waals surface area contributed by atoms with E-state index in [0.29, 0.717) is 19.5 Å². The van der Waals surface area contributed by atoms with Gasteiger partial charge in [-0.25, -0.2) is 4.79 Å². The Hall–Kier alpha value is -3.71. The zero-order valence-corrected chi connectivity index (χ0v) is 28.6. The molecular formula is C32H55N5O9. The number of carbonyl (C=O) groups excluding carboxylic acids is 5. The van der Waals surface area contributed by atoms with Crippen LogP contribution in [0.3, 0.4) is 0 Å². The zero-order chi connectivity index (χ0) is 35.3. The number of nitrogens with zero attached hydrogens (tertiary/aromatic N) is 1. The number of hydrogen-bond donors (Lipinski definition) is 6. The van der Waals surface area contributed by atoms with Gasteiger partial charge in [0, 0.05) is 19.0 Å². The molecule has 0 spiro atoms. The predicted octanol–water partition coefficient (Wildman–Crippen LogP) is 1.52. The molecule has 0 saturated carbocycles. The first kappa shape index (κ1) is 40.3. The minimum Gasteiger partial charge on any atom is -0.481 e. The Morgan fingerprint density at radius 3 is 1.57 bits per heavy atom. The van der Waals surface area contributed by atoms with E-state index in [-0.39, 0.29) is 41.9 Å². The standard InChI is InChI=1S/C32H55N5O9/c1-9-20(8)27(36-30(43)26(18(4)5)19(6)7)31(44)34-21(15-24(38)37-12-10-11-13-37)28(41)33-22(16-25(39)40)29(42)35-23(32(45)46)14-17(2)3/h17-23,26-27H,9-16H2,1-8H3,(H,33,41)(H,34,44)(H,35,42)(H,36,43)(H,39,40)(H,45,46)/t20-,21-,22-,23-,27-/m0/s1. The van der Waals surface area contributed by atoms with Gasteiger partial charge in [0.05, 0.1) is 12.8 Å². The van der Waals surface area contributed by atoms with Crippen molar-refractivity contribution >= 4 is 41.5 Å². The lowest BCUT2D eigenvalue weighted by Gasteiger charge is -2.31. The van der Waals surface area contributed by atoms with Crippen molar-refractivity contribution in [3.8, 4) is 0 Å². The van der Waals surface area contributed by atoms with Crippen molar-refractivity contribution < 1.29 is 43.8 Å². The number of rotatable bonds is 19. The molecule has 1 fully saturated rings. The van der Waals surface area contributed by atoms with Gasteiger partial charge >= 0.3 is 11.9 Å². The topological polar surface area (TPSA) is 211 Å². The van der Waals surface area contributed by atoms with Crippen molar-refractivity contribution in [2.75, 3.05) is 13.1 Å². The first-order chi connectivity index (χ1) is 21.4. The lowest BCUT2D eigenvalue weighted by Crippen LogP contribution is -2.60. The highest BCUT2D eigenvalue weighted by Gasteiger charge is 2.37. The molecule has 0 aromatic heterocycles. The SMILES string of the molecule is CC[C@H](C)[C@H](NC(=O)C(C(C)C)C(C)C)C(=O)N[C@@H](CC(=O)N1CCCC1)C(=O)N[C@@H](CC(=O)O)C(=O)N[C@@H](CC(C)C)C(=O)O. The van der Waals surface area contributed by atoms with Gasteiger partial charge in [0.1, 0.15) is 24.2 Å². The number of hydrogen-bond acceptors (Lipinski definition) is 7. The summed E-state index contributed by atoms with van der Waals surface area (Å²) in [4.78, 5) is 91.7. The summed E-state index contributed by atoms with van der Waals surface area (Å²) < 4.78 is 0. The van der Waals surface area contributed by atoms with Crippen LogP contribution in [0.1, 0.15) is 93.9 Å². The molecule has 0 radical (unpaired) electrons. The van der Waals surface area contributed by atoms with Crippen molar-refractivity contribution in [1.82, 2.24) is 26.2 Å². The number of carboxylic acids is 2. The fourth-order valence-electron chi connectivity index (χ4n) is 5.69. The second-order valence-electron chi connectivity index (χ2n) is 13.4. The quantitative estimate of drug-likeness (QED) is 0.119. The molecule has 262 valence electrons. The van der Waals surface area contributed by atoms with Crippen LogP contribution in [0.2, 0.25) is 0 Å². The van der Waals surface area contributed by atoms with E-state index in [1.165, 1.54) is 0 Å². The van der Waals surface area contributed by atoms with Gasteiger partial charge in [0.2, 0.25) is 29.5 Å². The van der Waals surface area contributed by atoms with Crippen LogP contribution in [0, 0.1) is 29.6 Å². The van der Waals surface area contributed by atoms with Crippen LogP contribution in [0.4, 0.5) is 0 Å². The molecule has 14 nitrogen and oxygen atoms in total. The number of amides is 5. The molecule has 0 aliphatic carbocycles. The average molecular weight is 654 g/mol. The Kier molecular flexibility index (Phi) is 16.7. The summed E-state index contributed by atoms with van der Waals surface area (Å²) in [6.07, 6.45) is 0.806. The van der Waals surface area contributed by atoms with E-state index in [0.717, 1.165) is 12.8 Å². The molecule has 1 heterocycles. The molecule has 1 saturated heterocycles. The number of nitrogens with one attached hydrogen (secondary N) is 4. The molecular weight excluding hydrogens is 598 g/mol. The molecule has 1 aliphatic heterocycles. The predicted molar refractivity (Wildman–Crippen MR) is 170 cm³/mol. The Bertz CT molecular complexity index is 1080. The number of carbonyl (C=O) groups is 7. The third kappa shape index (κ3) is 13.0. The molecule has 0 unspecified atom stereocenters. The van der Waals surface area contributed by atoms with Crippen LogP contribution in [-0.2, 0) is 33.6 Å². The van der Waals surface area contributed by atoms with Crippen LogP contribution in [0.5, 0.6) is 0 Å². The van der Waals surface area contributed by atoms with Gasteiger partial charge in [0.15, 0.2) is 0 Å². The van der Waals surface area contributed by atoms with E-state index in [4.69, 9.17) is 0 Å². The Balaban J connectivity index is 3.35. The smallest absolute Gasteiger partial charge is 0.326 e. The van der Waals surface area contributed by atoms with E-state index in [2.05, 4.69) is 21.3 Å². The van der Waals surface area contributed by atoms with E-state index in [1.54, 1.807) is 25.7 Å². The molecule has 0 aromatic rings. The van der Waals surface area contributed by atoms with Crippen molar-refractivity contribution in [3.05, 3.63) is 0 Å². The largest absolute Gasteiger partial charge is 0.481 e. The summed E-state index contributed by atoms with van der Waals surface area (Å²) in [6, 6.07) is -5.57. The van der Waals surface area contributed by atoms with Gasteiger partial charge in [-0.1, -0.05) is 61.8 Å². The van der Waals surface area contributed by atoms with E-state index >= 15 is 0 Å². The number of likely N-dealkylation sites (tertiary alicyclic amines) is 1. The first-order valence-electron chi connectivity index (χ1n) is 16.3. The maximum atomic E-state index is 13.7. The third-order valence-corrected chi connectivity index (χ3v) is 8.34. The van der Waals surface area contributed by atoms with Crippen LogP contribution >= 0.6 is 0 Å². The fourth-order valence-corrected chi connectivity index (χ4v) is 5.69. The highest BCUT2D eigenvalue weighted by molar-refractivity contribution is 5.98. The minimum absolute atomic E-state index is 0.00386. The summed E-state index contributed by atoms with van der Waals surface area (Å²) in [5.41, 5.74) is 0. The maximum Gasteiger partial charge on any atom is 0.326 e. The first-order valence-corrected chi connectivity index (χ1v) is 16.3. The van der Waals surface area contributed by atoms with Gasteiger partial charge in [-0.05, 0) is 42.9 Å². The van der Waals surface area contributed by atoms with Crippen molar-refractivity contribution in [2.24, 2.45) is 29.6 Å². The minimum atomic E-state index is -1.69. The average Bonchev–Trinajstić information content (AvgIpc) is 3.48. The Morgan fingerprint density at radius 1 is 0.652 bits per heavy atom. The summed E-state index contributed by atoms with van der Waals surface area (Å²) in [7, 11) is 0. The van der Waals surface area contributed by atoms with E-state index in [9.17, 15) is 43.8 Å². The van der Waals surface area contributed by atoms with Crippen LogP contribution in [0.15, 0.2) is 0 Å². The third-order valence-electron chi connectivity index (χ3n) is 8.34. The zero-order valence-electron chi connectivity index (χ0n) is 28.6. The van der Waals surface area contributed by atoms with Gasteiger partial charge < -0.3 is 36.4 Å². The fraction of sp³-hybridized carbons (Fsp3) is 0.781. The monoisotopic (exact) mass is 653 g/mol. The second-order valence-corrected chi connectivity index (χ2v) is 13.4. The summed E-state index contributed by atoms with van der Waals surface area (Å²) in [5, 5.41) is 29.0. The van der Waals surface area contributed by atoms with Crippen LogP contribution in [0.25, 0.3) is 0 Å². The number of aliphatic carboxylic acids is 2. The molecule has 6 N–H and O–H groups in total. The number of carboxylic acid groups (broad SMARTS) is 2. The maximum absolute atomic E-state index is 13.7. The van der Waals surface area contributed by atoms with Crippen LogP contribution in [-0.4, -0.2) is 93.8 Å². The van der Waals surface area contributed by atoms with Gasteiger partial charge in [-0.2, -0.15) is 0 Å². The summed E-state index contributed by atoms with van der Waals surface area (Å²) in [5.74, 6) is -7.05.